The van der Waals surface area contributed by atoms with Crippen LogP contribution in [0.1, 0.15) is 22.3 Å². The first-order valence-corrected chi connectivity index (χ1v) is 9.99. The third-order valence-corrected chi connectivity index (χ3v) is 4.68. The van der Waals surface area contributed by atoms with Crippen molar-refractivity contribution in [1.29, 1.82) is 0 Å². The van der Waals surface area contributed by atoms with Crippen LogP contribution in [0.2, 0.25) is 5.02 Å². The smallest absolute Gasteiger partial charge is 0.337 e. The maximum atomic E-state index is 11.3. The van der Waals surface area contributed by atoms with Gasteiger partial charge in [0.25, 0.3) is 0 Å². The molecule has 6 nitrogen and oxygen atoms in total. The molecule has 1 heterocycles. The number of rotatable bonds is 4. The molecular weight excluding hydrogens is 400 g/mol. The number of nitrogens with one attached hydrogen (secondary N) is 1. The number of methoxy groups -OCH3 is 1. The minimum Gasteiger partial charge on any atom is -0.465 e. The summed E-state index contributed by atoms with van der Waals surface area (Å²) in [6.07, 6.45) is 4.55. The Labute approximate surface area is 170 Å². The lowest BCUT2D eigenvalue weighted by Crippen LogP contribution is -2.18. The van der Waals surface area contributed by atoms with Crippen molar-refractivity contribution in [3.05, 3.63) is 76.8 Å². The Kier molecular flexibility index (Phi) is 8.87. The molecule has 1 saturated heterocycles. The number of carbonyl (C=O) groups is 1. The number of benzene rings is 2. The van der Waals surface area contributed by atoms with E-state index in [-0.39, 0.29) is 18.1 Å². The van der Waals surface area contributed by atoms with Crippen molar-refractivity contribution in [2.45, 2.75) is 18.5 Å². The van der Waals surface area contributed by atoms with Crippen molar-refractivity contribution in [3.63, 3.8) is 0 Å². The van der Waals surface area contributed by atoms with Gasteiger partial charge < -0.3 is 10.1 Å². The van der Waals surface area contributed by atoms with E-state index in [1.54, 1.807) is 12.1 Å². The van der Waals surface area contributed by atoms with E-state index in [0.717, 1.165) is 10.6 Å². The molecule has 2 aromatic rings. The van der Waals surface area contributed by atoms with Gasteiger partial charge in [-0.2, -0.15) is 12.8 Å². The van der Waals surface area contributed by atoms with Crippen LogP contribution < -0.4 is 5.32 Å². The van der Waals surface area contributed by atoms with Gasteiger partial charge in [-0.25, -0.2) is 4.79 Å². The first kappa shape index (κ1) is 21.8. The standard InChI is InChI=1S/C14H16N2O4S.C6H5Cl/c1-20-14(17)11-5-2-10(3-6-11)4-7-12-8-13(9-15-12)16-21(18)19;7-6-4-2-1-3-5-6/h2-7,12-13,15H,8-9H2,1H3;1-5H/t12-,13-;/m1./s1. The van der Waals surface area contributed by atoms with E-state index in [2.05, 4.69) is 14.4 Å². The van der Waals surface area contributed by atoms with Crippen LogP contribution in [0.5, 0.6) is 0 Å². The molecule has 3 rings (SSSR count). The van der Waals surface area contributed by atoms with Crippen molar-refractivity contribution in [2.24, 2.45) is 4.36 Å². The van der Waals surface area contributed by atoms with E-state index < -0.39 is 10.5 Å². The zero-order valence-corrected chi connectivity index (χ0v) is 16.9. The Hall–Kier alpha value is -2.48. The highest BCUT2D eigenvalue weighted by molar-refractivity contribution is 7.61. The van der Waals surface area contributed by atoms with Crippen molar-refractivity contribution >= 4 is 34.1 Å². The summed E-state index contributed by atoms with van der Waals surface area (Å²) in [4.78, 5) is 11.3. The molecule has 0 aromatic heterocycles. The monoisotopic (exact) mass is 420 g/mol. The van der Waals surface area contributed by atoms with Gasteiger partial charge in [0.15, 0.2) is 0 Å². The van der Waals surface area contributed by atoms with E-state index in [9.17, 15) is 13.2 Å². The van der Waals surface area contributed by atoms with Crippen LogP contribution in [0.15, 0.2) is 65.0 Å². The molecule has 1 N–H and O–H groups in total. The summed E-state index contributed by atoms with van der Waals surface area (Å²) in [5, 5.41) is 3.99. The Balaban J connectivity index is 0.000000336. The van der Waals surface area contributed by atoms with Gasteiger partial charge in [0.05, 0.1) is 18.7 Å². The third kappa shape index (κ3) is 7.64. The predicted octanol–water partition coefficient (Wildman–Crippen LogP) is 3.62. The van der Waals surface area contributed by atoms with Gasteiger partial charge >= 0.3 is 16.5 Å². The molecule has 2 atom stereocenters. The molecule has 148 valence electrons. The molecule has 0 radical (unpaired) electrons. The Morgan fingerprint density at radius 3 is 2.39 bits per heavy atom. The van der Waals surface area contributed by atoms with E-state index in [1.807, 2.05) is 54.6 Å². The highest BCUT2D eigenvalue weighted by Gasteiger charge is 2.21. The molecule has 28 heavy (non-hydrogen) atoms. The molecule has 0 bridgehead atoms. The normalized spacial score (nSPS) is 18.2. The third-order valence-electron chi connectivity index (χ3n) is 3.96. The fourth-order valence-corrected chi connectivity index (χ4v) is 3.14. The van der Waals surface area contributed by atoms with E-state index in [1.165, 1.54) is 7.11 Å². The van der Waals surface area contributed by atoms with Gasteiger partial charge in [0.2, 0.25) is 0 Å². The highest BCUT2D eigenvalue weighted by atomic mass is 35.5. The lowest BCUT2D eigenvalue weighted by Gasteiger charge is -2.03. The molecule has 2 aromatic carbocycles. The van der Waals surface area contributed by atoms with Crippen LogP contribution >= 0.6 is 11.6 Å². The van der Waals surface area contributed by atoms with Crippen molar-refractivity contribution < 1.29 is 17.9 Å². The maximum absolute atomic E-state index is 11.3. The molecule has 1 aliphatic heterocycles. The van der Waals surface area contributed by atoms with Crippen molar-refractivity contribution in [3.8, 4) is 0 Å². The fourth-order valence-electron chi connectivity index (χ4n) is 2.59. The fraction of sp³-hybridized carbons (Fsp3) is 0.250. The highest BCUT2D eigenvalue weighted by Crippen LogP contribution is 2.14. The number of carbonyl (C=O) groups excluding carboxylic acids is 1. The minimum atomic E-state index is -2.35. The molecule has 1 fully saturated rings. The first-order valence-electron chi connectivity index (χ1n) is 8.58. The van der Waals surface area contributed by atoms with Crippen LogP contribution in [0, 0.1) is 0 Å². The van der Waals surface area contributed by atoms with E-state index in [4.69, 9.17) is 11.6 Å². The Bertz CT molecular complexity index is 920. The summed E-state index contributed by atoms with van der Waals surface area (Å²) in [6, 6.07) is 16.4. The molecule has 0 spiro atoms. The second kappa shape index (κ2) is 11.4. The second-order valence-electron chi connectivity index (χ2n) is 6.00. The van der Waals surface area contributed by atoms with Crippen LogP contribution in [-0.4, -0.2) is 40.1 Å². The van der Waals surface area contributed by atoms with Crippen molar-refractivity contribution in [2.75, 3.05) is 13.7 Å². The zero-order chi connectivity index (χ0) is 20.4. The summed E-state index contributed by atoms with van der Waals surface area (Å²) in [6.45, 7) is 0.560. The van der Waals surface area contributed by atoms with Crippen molar-refractivity contribution in [1.82, 2.24) is 5.32 Å². The number of hydrogen-bond acceptors (Lipinski definition) is 6. The molecule has 0 unspecified atom stereocenters. The van der Waals surface area contributed by atoms with Gasteiger partial charge in [-0.15, -0.1) is 0 Å². The lowest BCUT2D eigenvalue weighted by atomic mass is 10.1. The van der Waals surface area contributed by atoms with Crippen LogP contribution in [0.4, 0.5) is 0 Å². The number of ether oxygens (including phenoxy) is 1. The Morgan fingerprint density at radius 2 is 1.86 bits per heavy atom. The number of esters is 1. The first-order chi connectivity index (χ1) is 13.5. The van der Waals surface area contributed by atoms with Crippen LogP contribution in [0.3, 0.4) is 0 Å². The van der Waals surface area contributed by atoms with Crippen LogP contribution in [-0.2, 0) is 15.2 Å². The number of halogens is 1. The van der Waals surface area contributed by atoms with Crippen LogP contribution in [0.25, 0.3) is 6.08 Å². The quantitative estimate of drug-likeness (QED) is 0.763. The summed E-state index contributed by atoms with van der Waals surface area (Å²) in [5.74, 6) is -0.363. The molecular formula is C20H21ClN2O4S. The predicted molar refractivity (Wildman–Crippen MR) is 110 cm³/mol. The molecule has 0 aliphatic carbocycles. The Morgan fingerprint density at radius 1 is 1.18 bits per heavy atom. The van der Waals surface area contributed by atoms with E-state index in [0.29, 0.717) is 18.5 Å². The number of nitrogens with zero attached hydrogens (tertiary/aromatic N) is 1. The summed E-state index contributed by atoms with van der Waals surface area (Å²) >= 11 is 5.54. The molecule has 1 aliphatic rings. The SMILES string of the molecule is COC(=O)c1ccc(C=C[C@@H]2C[C@@H](N=S(=O)=O)CN2)cc1.Clc1ccccc1. The van der Waals surface area contributed by atoms with Gasteiger partial charge in [0.1, 0.15) is 0 Å². The maximum Gasteiger partial charge on any atom is 0.337 e. The average molecular weight is 421 g/mol. The molecule has 8 heteroatoms. The lowest BCUT2D eigenvalue weighted by molar-refractivity contribution is 0.0600. The molecule has 0 amide bonds. The zero-order valence-electron chi connectivity index (χ0n) is 15.3. The molecule has 0 saturated carbocycles. The summed E-state index contributed by atoms with van der Waals surface area (Å²) in [5.41, 5.74) is 1.46. The number of hydrogen-bond donors (Lipinski definition) is 1. The largest absolute Gasteiger partial charge is 0.465 e. The second-order valence-corrected chi connectivity index (χ2v) is 7.08. The van der Waals surface area contributed by atoms with Gasteiger partial charge in [-0.1, -0.05) is 54.1 Å². The van der Waals surface area contributed by atoms with E-state index >= 15 is 0 Å². The average Bonchev–Trinajstić information content (AvgIpc) is 3.14. The van der Waals surface area contributed by atoms with Gasteiger partial charge in [0, 0.05) is 17.6 Å². The summed E-state index contributed by atoms with van der Waals surface area (Å²) < 4.78 is 29.2. The van der Waals surface area contributed by atoms with Gasteiger partial charge in [-0.05, 0) is 36.2 Å². The topological polar surface area (TPSA) is 84.8 Å². The minimum absolute atomic E-state index is 0.0996. The summed E-state index contributed by atoms with van der Waals surface area (Å²) in [7, 11) is -1.01. The van der Waals surface area contributed by atoms with Gasteiger partial charge in [-0.3, -0.25) is 0 Å².